The first-order chi connectivity index (χ1) is 16.6. The van der Waals surface area contributed by atoms with E-state index < -0.39 is 16.8 Å². The molecular weight excluding hydrogens is 428 g/mol. The molecule has 4 unspecified atom stereocenters. The second-order valence-corrected chi connectivity index (χ2v) is 8.81. The fourth-order valence-electron chi connectivity index (χ4n) is 5.85. The van der Waals surface area contributed by atoms with Gasteiger partial charge in [0.15, 0.2) is 0 Å². The number of para-hydroxylation sites is 2. The van der Waals surface area contributed by atoms with Gasteiger partial charge in [0, 0.05) is 17.9 Å². The van der Waals surface area contributed by atoms with Gasteiger partial charge in [0.25, 0.3) is 5.69 Å². The van der Waals surface area contributed by atoms with E-state index in [9.17, 15) is 19.7 Å². The monoisotopic (exact) mass is 448 g/mol. The highest BCUT2D eigenvalue weighted by Gasteiger charge is 2.63. The largest absolute Gasteiger partial charge is 0.293 e. The number of fused-ring (bicyclic) bond motifs is 5. The molecule has 4 atom stereocenters. The van der Waals surface area contributed by atoms with E-state index >= 15 is 0 Å². The molecule has 3 aliphatic rings. The molecule has 2 bridgehead atoms. The summed E-state index contributed by atoms with van der Waals surface area (Å²) in [7, 11) is 0. The molecule has 3 aromatic rings. The van der Waals surface area contributed by atoms with Gasteiger partial charge in [-0.15, -0.1) is 0 Å². The van der Waals surface area contributed by atoms with Crippen molar-refractivity contribution >= 4 is 28.8 Å². The number of benzene rings is 3. The number of carbonyl (C=O) groups is 2. The van der Waals surface area contributed by atoms with Crippen molar-refractivity contribution in [2.75, 3.05) is 4.90 Å². The summed E-state index contributed by atoms with van der Waals surface area (Å²) in [5.41, 5.74) is 4.02. The van der Waals surface area contributed by atoms with Crippen LogP contribution in [0.15, 0.2) is 103 Å². The smallest absolute Gasteiger partial charge is 0.274 e. The van der Waals surface area contributed by atoms with Crippen molar-refractivity contribution in [2.24, 2.45) is 23.7 Å². The number of hydrogen-bond donors (Lipinski definition) is 0. The molecule has 166 valence electrons. The average Bonchev–Trinajstić information content (AvgIpc) is 3.50. The Morgan fingerprint density at radius 2 is 1.18 bits per heavy atom. The highest BCUT2D eigenvalue weighted by atomic mass is 16.6. The number of hydrogen-bond acceptors (Lipinski definition) is 4. The van der Waals surface area contributed by atoms with Crippen molar-refractivity contribution in [1.29, 1.82) is 0 Å². The Hall–Kier alpha value is -4.32. The van der Waals surface area contributed by atoms with Crippen molar-refractivity contribution in [2.45, 2.75) is 0 Å². The maximum Gasteiger partial charge on any atom is 0.293 e. The minimum absolute atomic E-state index is 0.0492. The molecule has 34 heavy (non-hydrogen) atoms. The van der Waals surface area contributed by atoms with Crippen molar-refractivity contribution in [3.8, 4) is 0 Å². The fraction of sp³-hybridized carbons (Fsp3) is 0.143. The minimum Gasteiger partial charge on any atom is -0.274 e. The number of nitro benzene ring substituents is 1. The molecule has 2 aliphatic carbocycles. The van der Waals surface area contributed by atoms with Crippen LogP contribution in [0.1, 0.15) is 11.1 Å². The van der Waals surface area contributed by atoms with E-state index in [1.54, 1.807) is 6.07 Å². The van der Waals surface area contributed by atoms with E-state index in [1.807, 2.05) is 72.8 Å². The van der Waals surface area contributed by atoms with E-state index in [2.05, 4.69) is 0 Å². The van der Waals surface area contributed by atoms with Crippen LogP contribution in [0.4, 0.5) is 11.4 Å². The van der Waals surface area contributed by atoms with Gasteiger partial charge in [-0.2, -0.15) is 0 Å². The highest BCUT2D eigenvalue weighted by molar-refractivity contribution is 6.24. The predicted octanol–water partition coefficient (Wildman–Crippen LogP) is 5.02. The van der Waals surface area contributed by atoms with Crippen molar-refractivity contribution in [3.05, 3.63) is 124 Å². The predicted molar refractivity (Wildman–Crippen MR) is 128 cm³/mol. The van der Waals surface area contributed by atoms with Gasteiger partial charge in [0.05, 0.1) is 16.8 Å². The zero-order valence-corrected chi connectivity index (χ0v) is 18.1. The van der Waals surface area contributed by atoms with Crippen LogP contribution in [0.2, 0.25) is 0 Å². The van der Waals surface area contributed by atoms with Gasteiger partial charge in [0.2, 0.25) is 11.8 Å². The Morgan fingerprint density at radius 1 is 0.706 bits per heavy atom. The van der Waals surface area contributed by atoms with Crippen molar-refractivity contribution < 1.29 is 14.5 Å². The maximum absolute atomic E-state index is 13.6. The van der Waals surface area contributed by atoms with Gasteiger partial charge in [-0.05, 0) is 28.3 Å². The molecule has 2 fully saturated rings. The third kappa shape index (κ3) is 2.81. The van der Waals surface area contributed by atoms with Crippen LogP contribution in [0.25, 0.3) is 5.57 Å². The molecule has 3 aromatic carbocycles. The first-order valence-electron chi connectivity index (χ1n) is 11.2. The Balaban J connectivity index is 1.49. The lowest BCUT2D eigenvalue weighted by Gasteiger charge is -2.21. The lowest BCUT2D eigenvalue weighted by atomic mass is 9.85. The summed E-state index contributed by atoms with van der Waals surface area (Å²) in [5.74, 6) is -2.29. The topological polar surface area (TPSA) is 80.5 Å². The summed E-state index contributed by atoms with van der Waals surface area (Å²) in [6.07, 6.45) is 4.06. The number of rotatable bonds is 4. The van der Waals surface area contributed by atoms with Crippen molar-refractivity contribution in [3.63, 3.8) is 0 Å². The van der Waals surface area contributed by atoms with Gasteiger partial charge < -0.3 is 0 Å². The minimum atomic E-state index is -0.556. The SMILES string of the molecule is O=C1C2C3C=CC(C3=C(c3ccccc3)c3ccccc3)C2C(=O)N1c1ccccc1[N+](=O)[O-]. The Bertz CT molecular complexity index is 1320. The molecule has 6 rings (SSSR count). The van der Waals surface area contributed by atoms with Gasteiger partial charge >= 0.3 is 0 Å². The van der Waals surface area contributed by atoms with Gasteiger partial charge in [0.1, 0.15) is 5.69 Å². The number of amides is 2. The Labute approximate surface area is 196 Å². The summed E-state index contributed by atoms with van der Waals surface area (Å²) in [4.78, 5) is 39.3. The summed E-state index contributed by atoms with van der Waals surface area (Å²) < 4.78 is 0. The van der Waals surface area contributed by atoms with Gasteiger partial charge in [-0.25, -0.2) is 4.90 Å². The Morgan fingerprint density at radius 3 is 1.68 bits per heavy atom. The lowest BCUT2D eigenvalue weighted by Crippen LogP contribution is -2.33. The zero-order valence-electron chi connectivity index (χ0n) is 18.1. The average molecular weight is 448 g/mol. The van der Waals surface area contributed by atoms with E-state index in [0.717, 1.165) is 27.2 Å². The molecule has 0 radical (unpaired) electrons. The molecule has 1 aliphatic heterocycles. The molecule has 0 aromatic heterocycles. The number of allylic oxidation sites excluding steroid dienone is 3. The first kappa shape index (κ1) is 20.3. The Kier molecular flexibility index (Phi) is 4.55. The van der Waals surface area contributed by atoms with Crippen LogP contribution in [0.3, 0.4) is 0 Å². The van der Waals surface area contributed by atoms with Crippen molar-refractivity contribution in [1.82, 2.24) is 0 Å². The molecule has 2 amide bonds. The molecule has 6 nitrogen and oxygen atoms in total. The highest BCUT2D eigenvalue weighted by Crippen LogP contribution is 2.59. The molecule has 6 heteroatoms. The van der Waals surface area contributed by atoms with Gasteiger partial charge in [-0.1, -0.05) is 84.9 Å². The van der Waals surface area contributed by atoms with Crippen LogP contribution in [-0.4, -0.2) is 16.7 Å². The van der Waals surface area contributed by atoms with E-state index in [1.165, 1.54) is 18.2 Å². The second-order valence-electron chi connectivity index (χ2n) is 8.81. The number of nitro groups is 1. The van der Waals surface area contributed by atoms with Gasteiger partial charge in [-0.3, -0.25) is 19.7 Å². The summed E-state index contributed by atoms with van der Waals surface area (Å²) >= 11 is 0. The summed E-state index contributed by atoms with van der Waals surface area (Å²) in [6, 6.07) is 26.0. The maximum atomic E-state index is 13.6. The zero-order chi connectivity index (χ0) is 23.4. The number of anilines is 1. The molecule has 1 heterocycles. The second kappa shape index (κ2) is 7.63. The third-order valence-electron chi connectivity index (χ3n) is 7.15. The van der Waals surface area contributed by atoms with E-state index in [0.29, 0.717) is 0 Å². The molecule has 1 saturated carbocycles. The molecule has 1 saturated heterocycles. The summed E-state index contributed by atoms with van der Waals surface area (Å²) in [6.45, 7) is 0. The molecular formula is C28H20N2O4. The van der Waals surface area contributed by atoms with Crippen LogP contribution in [0, 0.1) is 33.8 Å². The van der Waals surface area contributed by atoms with E-state index in [4.69, 9.17) is 0 Å². The van der Waals surface area contributed by atoms with Crippen LogP contribution >= 0.6 is 0 Å². The van der Waals surface area contributed by atoms with Crippen LogP contribution < -0.4 is 4.90 Å². The third-order valence-corrected chi connectivity index (χ3v) is 7.15. The first-order valence-corrected chi connectivity index (χ1v) is 11.2. The standard InChI is InChI=1S/C28H20N2O4/c31-27-25-19-15-16-20(26(25)28(32)29(27)21-13-7-8-14-22(21)30(33)34)24(19)23(17-9-3-1-4-10-17)18-11-5-2-6-12-18/h1-16,19-20,25-26H. The quantitative estimate of drug-likeness (QED) is 0.243. The molecule has 0 spiro atoms. The van der Waals surface area contributed by atoms with E-state index in [-0.39, 0.29) is 35.0 Å². The normalized spacial score (nSPS) is 24.6. The molecule has 0 N–H and O–H groups in total. The fourth-order valence-corrected chi connectivity index (χ4v) is 5.85. The van der Waals surface area contributed by atoms with Crippen LogP contribution in [0.5, 0.6) is 0 Å². The lowest BCUT2D eigenvalue weighted by molar-refractivity contribution is -0.384. The number of nitrogens with zero attached hydrogens (tertiary/aromatic N) is 2. The van der Waals surface area contributed by atoms with Crippen LogP contribution in [-0.2, 0) is 9.59 Å². The summed E-state index contributed by atoms with van der Waals surface area (Å²) in [5, 5.41) is 11.6. The number of imide groups is 1. The number of carbonyl (C=O) groups excluding carboxylic acids is 2.